The van der Waals surface area contributed by atoms with Gasteiger partial charge in [-0.05, 0) is 26.0 Å². The lowest BCUT2D eigenvalue weighted by Crippen LogP contribution is -2.23. The minimum absolute atomic E-state index is 0.0687. The first-order chi connectivity index (χ1) is 6.84. The van der Waals surface area contributed by atoms with E-state index >= 15 is 0 Å². The van der Waals surface area contributed by atoms with Crippen molar-refractivity contribution in [2.45, 2.75) is 19.1 Å². The van der Waals surface area contributed by atoms with E-state index in [0.717, 1.165) is 6.07 Å². The predicted molar refractivity (Wildman–Crippen MR) is 58.5 cm³/mol. The lowest BCUT2D eigenvalue weighted by atomic mass is 10.3. The molecule has 0 atom stereocenters. The molecule has 0 aliphatic heterocycles. The number of nitrogens with one attached hydrogen (secondary N) is 1. The lowest BCUT2D eigenvalue weighted by Gasteiger charge is -2.12. The van der Waals surface area contributed by atoms with E-state index in [-0.39, 0.29) is 11.4 Å². The Morgan fingerprint density at radius 2 is 2.00 bits per heavy atom. The maximum Gasteiger partial charge on any atom is 0.235 e. The smallest absolute Gasteiger partial charge is 0.235 e. The minimum atomic E-state index is -3.57. The van der Waals surface area contributed by atoms with Gasteiger partial charge in [0.05, 0.1) is 10.9 Å². The Hall–Kier alpha value is -1.30. The monoisotopic (exact) mass is 232 g/mol. The molecule has 0 saturated heterocycles. The van der Waals surface area contributed by atoms with E-state index in [4.69, 9.17) is 5.73 Å². The van der Waals surface area contributed by atoms with Crippen LogP contribution in [0.15, 0.2) is 18.2 Å². The molecule has 0 amide bonds. The van der Waals surface area contributed by atoms with Crippen LogP contribution in [0.5, 0.6) is 0 Å². The number of hydrogen-bond acceptors (Lipinski definition) is 3. The molecule has 3 N–H and O–H groups in total. The summed E-state index contributed by atoms with van der Waals surface area (Å²) >= 11 is 0. The number of halogens is 1. The molecular formula is C9H13FN2O2S. The first-order valence-corrected chi connectivity index (χ1v) is 5.95. The molecule has 0 spiro atoms. The second-order valence-electron chi connectivity index (χ2n) is 3.40. The molecule has 0 unspecified atom stereocenters. The standard InChI is InChI=1S/C9H13FN2O2S/c1-6(2)15(13,14)12-9-7(10)4-3-5-8(9)11/h3-6,12H,11H2,1-2H3. The van der Waals surface area contributed by atoms with Crippen LogP contribution in [-0.2, 0) is 10.0 Å². The van der Waals surface area contributed by atoms with Crippen LogP contribution < -0.4 is 10.5 Å². The number of para-hydroxylation sites is 1. The topological polar surface area (TPSA) is 72.2 Å². The van der Waals surface area contributed by atoms with Crippen molar-refractivity contribution in [1.82, 2.24) is 0 Å². The van der Waals surface area contributed by atoms with Gasteiger partial charge in [0.1, 0.15) is 11.5 Å². The van der Waals surface area contributed by atoms with E-state index in [1.807, 2.05) is 0 Å². The van der Waals surface area contributed by atoms with Gasteiger partial charge < -0.3 is 5.73 Å². The predicted octanol–water partition coefficient (Wildman–Crippen LogP) is 1.56. The number of nitrogens with two attached hydrogens (primary N) is 1. The van der Waals surface area contributed by atoms with Gasteiger partial charge in [-0.25, -0.2) is 12.8 Å². The maximum absolute atomic E-state index is 13.2. The minimum Gasteiger partial charge on any atom is -0.397 e. The highest BCUT2D eigenvalue weighted by Crippen LogP contribution is 2.23. The largest absolute Gasteiger partial charge is 0.397 e. The van der Waals surface area contributed by atoms with Gasteiger partial charge in [-0.3, -0.25) is 4.72 Å². The van der Waals surface area contributed by atoms with Crippen LogP contribution in [0.25, 0.3) is 0 Å². The van der Waals surface area contributed by atoms with E-state index in [9.17, 15) is 12.8 Å². The molecule has 0 fully saturated rings. The van der Waals surface area contributed by atoms with E-state index in [0.29, 0.717) is 0 Å². The van der Waals surface area contributed by atoms with Gasteiger partial charge in [-0.1, -0.05) is 6.07 Å². The van der Waals surface area contributed by atoms with Crippen molar-refractivity contribution in [3.8, 4) is 0 Å². The molecule has 15 heavy (non-hydrogen) atoms. The van der Waals surface area contributed by atoms with Gasteiger partial charge in [-0.15, -0.1) is 0 Å². The fraction of sp³-hybridized carbons (Fsp3) is 0.333. The summed E-state index contributed by atoms with van der Waals surface area (Å²) in [6.07, 6.45) is 0. The first kappa shape index (κ1) is 11.8. The Morgan fingerprint density at radius 3 is 2.47 bits per heavy atom. The summed E-state index contributed by atoms with van der Waals surface area (Å²) in [6, 6.07) is 3.99. The summed E-state index contributed by atoms with van der Waals surface area (Å²) in [5.41, 5.74) is 5.34. The second-order valence-corrected chi connectivity index (χ2v) is 5.64. The molecule has 0 saturated carbocycles. The molecule has 0 aliphatic carbocycles. The molecule has 4 nitrogen and oxygen atoms in total. The molecule has 1 aromatic rings. The summed E-state index contributed by atoms with van der Waals surface area (Å²) in [7, 11) is -3.57. The molecule has 0 aromatic heterocycles. The SMILES string of the molecule is CC(C)S(=O)(=O)Nc1c(N)cccc1F. The van der Waals surface area contributed by atoms with Gasteiger partial charge in [0, 0.05) is 0 Å². The number of rotatable bonds is 3. The second kappa shape index (κ2) is 4.06. The summed E-state index contributed by atoms with van der Waals surface area (Å²) in [6.45, 7) is 3.00. The highest BCUT2D eigenvalue weighted by atomic mass is 32.2. The molecule has 1 rings (SSSR count). The first-order valence-electron chi connectivity index (χ1n) is 4.40. The Morgan fingerprint density at radius 1 is 1.40 bits per heavy atom. The zero-order valence-corrected chi connectivity index (χ0v) is 9.31. The quantitative estimate of drug-likeness (QED) is 0.777. The van der Waals surface area contributed by atoms with Crippen molar-refractivity contribution in [3.63, 3.8) is 0 Å². The number of anilines is 2. The molecule has 84 valence electrons. The average Bonchev–Trinajstić information content (AvgIpc) is 2.11. The van der Waals surface area contributed by atoms with Crippen molar-refractivity contribution in [1.29, 1.82) is 0 Å². The van der Waals surface area contributed by atoms with Gasteiger partial charge in [0.15, 0.2) is 0 Å². The van der Waals surface area contributed by atoms with Crippen LogP contribution in [-0.4, -0.2) is 13.7 Å². The van der Waals surface area contributed by atoms with Crippen molar-refractivity contribution in [2.75, 3.05) is 10.5 Å². The lowest BCUT2D eigenvalue weighted by molar-refractivity contribution is 0.590. The highest BCUT2D eigenvalue weighted by Gasteiger charge is 2.18. The zero-order chi connectivity index (χ0) is 11.6. The zero-order valence-electron chi connectivity index (χ0n) is 8.49. The van der Waals surface area contributed by atoms with Crippen molar-refractivity contribution < 1.29 is 12.8 Å². The summed E-state index contributed by atoms with van der Waals surface area (Å²) in [5.74, 6) is -0.681. The molecule has 6 heteroatoms. The summed E-state index contributed by atoms with van der Waals surface area (Å²) in [5, 5.41) is -0.642. The fourth-order valence-corrected chi connectivity index (χ4v) is 1.64. The molecule has 0 radical (unpaired) electrons. The normalized spacial score (nSPS) is 11.7. The van der Waals surface area contributed by atoms with E-state index in [1.54, 1.807) is 0 Å². The molecular weight excluding hydrogens is 219 g/mol. The summed E-state index contributed by atoms with van der Waals surface area (Å²) in [4.78, 5) is 0. The fourth-order valence-electron chi connectivity index (χ4n) is 0.909. The van der Waals surface area contributed by atoms with Crippen LogP contribution in [0.4, 0.5) is 15.8 Å². The Labute approximate surface area is 88.3 Å². The van der Waals surface area contributed by atoms with E-state index < -0.39 is 21.1 Å². The maximum atomic E-state index is 13.2. The van der Waals surface area contributed by atoms with Gasteiger partial charge in [0.2, 0.25) is 10.0 Å². The third-order valence-electron chi connectivity index (χ3n) is 1.91. The molecule has 0 heterocycles. The molecule has 0 bridgehead atoms. The van der Waals surface area contributed by atoms with E-state index in [1.165, 1.54) is 26.0 Å². The van der Waals surface area contributed by atoms with Crippen LogP contribution in [0.2, 0.25) is 0 Å². The van der Waals surface area contributed by atoms with Crippen LogP contribution in [0, 0.1) is 5.82 Å². The number of nitrogen functional groups attached to an aromatic ring is 1. The summed E-state index contributed by atoms with van der Waals surface area (Å²) < 4.78 is 38.3. The number of sulfonamides is 1. The third-order valence-corrected chi connectivity index (χ3v) is 3.64. The van der Waals surface area contributed by atoms with E-state index in [2.05, 4.69) is 4.72 Å². The van der Waals surface area contributed by atoms with Gasteiger partial charge in [0.25, 0.3) is 0 Å². The van der Waals surface area contributed by atoms with Gasteiger partial charge in [-0.2, -0.15) is 0 Å². The average molecular weight is 232 g/mol. The Bertz CT molecular complexity index is 437. The Kier molecular flexibility index (Phi) is 3.18. The van der Waals surface area contributed by atoms with Crippen molar-refractivity contribution in [3.05, 3.63) is 24.0 Å². The Balaban J connectivity index is 3.11. The van der Waals surface area contributed by atoms with Crippen LogP contribution in [0.1, 0.15) is 13.8 Å². The number of benzene rings is 1. The molecule has 1 aromatic carbocycles. The molecule has 0 aliphatic rings. The highest BCUT2D eigenvalue weighted by molar-refractivity contribution is 7.93. The van der Waals surface area contributed by atoms with Gasteiger partial charge >= 0.3 is 0 Å². The van der Waals surface area contributed by atoms with Crippen molar-refractivity contribution in [2.24, 2.45) is 0 Å². The van der Waals surface area contributed by atoms with Crippen molar-refractivity contribution >= 4 is 21.4 Å². The van der Waals surface area contributed by atoms with Crippen LogP contribution >= 0.6 is 0 Å². The number of hydrogen-bond donors (Lipinski definition) is 2. The van der Waals surface area contributed by atoms with Crippen LogP contribution in [0.3, 0.4) is 0 Å². The third kappa shape index (κ3) is 2.59.